The largest absolute Gasteiger partial charge is 0.314 e. The summed E-state index contributed by atoms with van der Waals surface area (Å²) in [5.41, 5.74) is 1.88. The van der Waals surface area contributed by atoms with E-state index >= 15 is 0 Å². The predicted molar refractivity (Wildman–Crippen MR) is 54.8 cm³/mol. The lowest BCUT2D eigenvalue weighted by Gasteiger charge is -2.25. The molecule has 76 valence electrons. The van der Waals surface area contributed by atoms with Crippen LogP contribution in [0.5, 0.6) is 0 Å². The molecule has 1 aromatic carbocycles. The number of nitrogens with one attached hydrogen (secondary N) is 2. The van der Waals surface area contributed by atoms with Crippen LogP contribution in [-0.4, -0.2) is 19.6 Å². The van der Waals surface area contributed by atoms with Gasteiger partial charge in [0.05, 0.1) is 0 Å². The number of hydrogen-bond acceptors (Lipinski definition) is 2. The Morgan fingerprint density at radius 3 is 2.86 bits per heavy atom. The van der Waals surface area contributed by atoms with Crippen LogP contribution in [0, 0.1) is 12.7 Å². The summed E-state index contributed by atoms with van der Waals surface area (Å²) in [6.07, 6.45) is 0. The van der Waals surface area contributed by atoms with E-state index < -0.39 is 0 Å². The molecular weight excluding hydrogens is 179 g/mol. The second-order valence-corrected chi connectivity index (χ2v) is 3.72. The van der Waals surface area contributed by atoms with Crippen molar-refractivity contribution in [3.8, 4) is 0 Å². The molecule has 0 spiro atoms. The first kappa shape index (κ1) is 9.62. The average Bonchev–Trinajstić information content (AvgIpc) is 2.23. The molecule has 3 heteroatoms. The molecule has 0 bridgehead atoms. The molecule has 1 heterocycles. The van der Waals surface area contributed by atoms with E-state index in [-0.39, 0.29) is 5.82 Å². The van der Waals surface area contributed by atoms with Gasteiger partial charge in [0, 0.05) is 25.7 Å². The van der Waals surface area contributed by atoms with Crippen molar-refractivity contribution in [3.63, 3.8) is 0 Å². The number of halogens is 1. The van der Waals surface area contributed by atoms with Gasteiger partial charge in [-0.25, -0.2) is 4.39 Å². The second-order valence-electron chi connectivity index (χ2n) is 3.72. The lowest BCUT2D eigenvalue weighted by molar-refractivity contribution is 0.429. The Morgan fingerprint density at radius 2 is 2.21 bits per heavy atom. The van der Waals surface area contributed by atoms with Crippen LogP contribution in [0.3, 0.4) is 0 Å². The minimum Gasteiger partial charge on any atom is -0.314 e. The number of aryl methyl sites for hydroxylation is 1. The van der Waals surface area contributed by atoms with Gasteiger partial charge in [-0.2, -0.15) is 0 Å². The van der Waals surface area contributed by atoms with E-state index in [1.54, 1.807) is 13.0 Å². The Balaban J connectivity index is 2.18. The van der Waals surface area contributed by atoms with Crippen molar-refractivity contribution in [3.05, 3.63) is 35.1 Å². The van der Waals surface area contributed by atoms with E-state index in [1.165, 1.54) is 0 Å². The van der Waals surface area contributed by atoms with Gasteiger partial charge in [-0.1, -0.05) is 12.1 Å². The molecule has 2 nitrogen and oxygen atoms in total. The van der Waals surface area contributed by atoms with E-state index in [1.807, 2.05) is 12.1 Å². The van der Waals surface area contributed by atoms with Crippen LogP contribution in [0.1, 0.15) is 17.2 Å². The smallest absolute Gasteiger partial charge is 0.126 e. The molecule has 0 amide bonds. The molecule has 2 rings (SSSR count). The zero-order valence-corrected chi connectivity index (χ0v) is 8.31. The molecule has 14 heavy (non-hydrogen) atoms. The summed E-state index contributed by atoms with van der Waals surface area (Å²) in [7, 11) is 0. The summed E-state index contributed by atoms with van der Waals surface area (Å²) < 4.78 is 13.0. The molecule has 1 unspecified atom stereocenters. The standard InChI is InChI=1S/C11H15FN2/c1-8-6-9(2-3-10(8)12)11-7-13-4-5-14-11/h2-3,6,11,13-14H,4-5,7H2,1H3. The van der Waals surface area contributed by atoms with Crippen LogP contribution in [0.25, 0.3) is 0 Å². The Bertz CT molecular complexity index is 319. The van der Waals surface area contributed by atoms with Crippen LogP contribution in [0.15, 0.2) is 18.2 Å². The maximum atomic E-state index is 13.0. The van der Waals surface area contributed by atoms with Crippen molar-refractivity contribution < 1.29 is 4.39 Å². The van der Waals surface area contributed by atoms with Crippen LogP contribution < -0.4 is 10.6 Å². The summed E-state index contributed by atoms with van der Waals surface area (Å²) in [6.45, 7) is 4.71. The highest BCUT2D eigenvalue weighted by Gasteiger charge is 2.14. The molecule has 0 radical (unpaired) electrons. The Kier molecular flexibility index (Phi) is 2.79. The maximum absolute atomic E-state index is 13.0. The Morgan fingerprint density at radius 1 is 1.36 bits per heavy atom. The summed E-state index contributed by atoms with van der Waals surface area (Å²) in [4.78, 5) is 0. The Hall–Kier alpha value is -0.930. The monoisotopic (exact) mass is 194 g/mol. The van der Waals surface area contributed by atoms with Crippen LogP contribution >= 0.6 is 0 Å². The fourth-order valence-electron chi connectivity index (χ4n) is 1.77. The van der Waals surface area contributed by atoms with Gasteiger partial charge in [-0.3, -0.25) is 0 Å². The van der Waals surface area contributed by atoms with Crippen LogP contribution in [-0.2, 0) is 0 Å². The van der Waals surface area contributed by atoms with Crippen LogP contribution in [0.2, 0.25) is 0 Å². The Labute approximate surface area is 83.5 Å². The molecule has 0 saturated carbocycles. The zero-order valence-electron chi connectivity index (χ0n) is 8.31. The van der Waals surface area contributed by atoms with Gasteiger partial charge in [-0.15, -0.1) is 0 Å². The van der Waals surface area contributed by atoms with Gasteiger partial charge in [0.15, 0.2) is 0 Å². The molecule has 1 saturated heterocycles. The SMILES string of the molecule is Cc1cc(C2CNCCN2)ccc1F. The van der Waals surface area contributed by atoms with Crippen molar-refractivity contribution in [1.82, 2.24) is 10.6 Å². The summed E-state index contributed by atoms with van der Waals surface area (Å²) >= 11 is 0. The van der Waals surface area contributed by atoms with Gasteiger partial charge < -0.3 is 10.6 Å². The minimum absolute atomic E-state index is 0.127. The van der Waals surface area contributed by atoms with E-state index in [9.17, 15) is 4.39 Å². The normalized spacial score (nSPS) is 22.3. The third-order valence-corrected chi connectivity index (χ3v) is 2.63. The number of rotatable bonds is 1. The first-order valence-corrected chi connectivity index (χ1v) is 4.97. The fourth-order valence-corrected chi connectivity index (χ4v) is 1.77. The lowest BCUT2D eigenvalue weighted by atomic mass is 10.0. The molecule has 1 aliphatic heterocycles. The molecule has 1 aliphatic rings. The topological polar surface area (TPSA) is 24.1 Å². The molecule has 0 aromatic heterocycles. The number of piperazine rings is 1. The van der Waals surface area contributed by atoms with Crippen LogP contribution in [0.4, 0.5) is 4.39 Å². The lowest BCUT2D eigenvalue weighted by Crippen LogP contribution is -2.42. The van der Waals surface area contributed by atoms with E-state index in [0.29, 0.717) is 6.04 Å². The summed E-state index contributed by atoms with van der Waals surface area (Å²) in [5, 5.41) is 6.71. The molecular formula is C11H15FN2. The van der Waals surface area contributed by atoms with Crippen molar-refractivity contribution in [2.24, 2.45) is 0 Å². The fraction of sp³-hybridized carbons (Fsp3) is 0.455. The minimum atomic E-state index is -0.127. The molecule has 1 atom stereocenters. The third-order valence-electron chi connectivity index (χ3n) is 2.63. The maximum Gasteiger partial charge on any atom is 0.126 e. The quantitative estimate of drug-likeness (QED) is 0.705. The summed E-state index contributed by atoms with van der Waals surface area (Å²) in [5.74, 6) is -0.127. The first-order chi connectivity index (χ1) is 6.77. The summed E-state index contributed by atoms with van der Waals surface area (Å²) in [6, 6.07) is 5.64. The van der Waals surface area contributed by atoms with E-state index in [0.717, 1.165) is 30.8 Å². The molecule has 1 aromatic rings. The number of benzene rings is 1. The van der Waals surface area contributed by atoms with Crippen molar-refractivity contribution in [2.75, 3.05) is 19.6 Å². The van der Waals surface area contributed by atoms with E-state index in [2.05, 4.69) is 10.6 Å². The highest BCUT2D eigenvalue weighted by atomic mass is 19.1. The average molecular weight is 194 g/mol. The molecule has 2 N–H and O–H groups in total. The highest BCUT2D eigenvalue weighted by molar-refractivity contribution is 5.27. The van der Waals surface area contributed by atoms with Gasteiger partial charge in [0.1, 0.15) is 5.82 Å². The van der Waals surface area contributed by atoms with Crippen molar-refractivity contribution in [2.45, 2.75) is 13.0 Å². The van der Waals surface area contributed by atoms with Gasteiger partial charge in [0.2, 0.25) is 0 Å². The molecule has 0 aliphatic carbocycles. The van der Waals surface area contributed by atoms with Gasteiger partial charge >= 0.3 is 0 Å². The predicted octanol–water partition coefficient (Wildman–Crippen LogP) is 1.37. The number of hydrogen-bond donors (Lipinski definition) is 2. The zero-order chi connectivity index (χ0) is 9.97. The first-order valence-electron chi connectivity index (χ1n) is 4.97. The second kappa shape index (κ2) is 4.07. The van der Waals surface area contributed by atoms with Gasteiger partial charge in [0.25, 0.3) is 0 Å². The van der Waals surface area contributed by atoms with Crippen molar-refractivity contribution in [1.29, 1.82) is 0 Å². The van der Waals surface area contributed by atoms with Crippen molar-refractivity contribution >= 4 is 0 Å². The van der Waals surface area contributed by atoms with Gasteiger partial charge in [-0.05, 0) is 24.1 Å². The highest BCUT2D eigenvalue weighted by Crippen LogP contribution is 2.17. The molecule has 1 fully saturated rings. The van der Waals surface area contributed by atoms with E-state index in [4.69, 9.17) is 0 Å². The third kappa shape index (κ3) is 1.94.